The predicted molar refractivity (Wildman–Crippen MR) is 76.5 cm³/mol. The minimum atomic E-state index is -1.01. The van der Waals surface area contributed by atoms with Crippen molar-refractivity contribution in [3.63, 3.8) is 0 Å². The fraction of sp³-hybridized carbons (Fsp3) is 0. The molecule has 0 saturated carbocycles. The molecule has 6 heteroatoms. The van der Waals surface area contributed by atoms with Gasteiger partial charge in [-0.25, -0.2) is 9.78 Å². The maximum atomic E-state index is 10.8. The summed E-state index contributed by atoms with van der Waals surface area (Å²) in [6.45, 7) is 0. The van der Waals surface area contributed by atoms with Crippen LogP contribution in [0.2, 0.25) is 5.02 Å². The Labute approximate surface area is 123 Å². The Morgan fingerprint density at radius 3 is 2.75 bits per heavy atom. The molecule has 0 aliphatic rings. The van der Waals surface area contributed by atoms with Crippen molar-refractivity contribution in [2.75, 3.05) is 0 Å². The molecule has 2 aromatic carbocycles. The molecule has 20 heavy (non-hydrogen) atoms. The smallest absolute Gasteiger partial charge is 0.335 e. The van der Waals surface area contributed by atoms with Crippen molar-refractivity contribution in [3.8, 4) is 0 Å². The van der Waals surface area contributed by atoms with Gasteiger partial charge in [-0.05, 0) is 42.1 Å². The quantitative estimate of drug-likeness (QED) is 0.780. The SMILES string of the molecule is O=C(O)c1ccc(Sc2nc3ccccc3o2)c(Cl)c1. The summed E-state index contributed by atoms with van der Waals surface area (Å²) < 4.78 is 5.58. The van der Waals surface area contributed by atoms with Crippen molar-refractivity contribution in [3.05, 3.63) is 53.1 Å². The average Bonchev–Trinajstić information content (AvgIpc) is 2.83. The van der Waals surface area contributed by atoms with Crippen LogP contribution in [0.4, 0.5) is 0 Å². The molecule has 1 N–H and O–H groups in total. The highest BCUT2D eigenvalue weighted by Gasteiger charge is 2.12. The molecule has 0 bridgehead atoms. The molecular formula is C14H8ClNO3S. The summed E-state index contributed by atoms with van der Waals surface area (Å²) in [6, 6.07) is 12.0. The van der Waals surface area contributed by atoms with E-state index >= 15 is 0 Å². The predicted octanol–water partition coefficient (Wildman–Crippen LogP) is 4.33. The van der Waals surface area contributed by atoms with E-state index in [-0.39, 0.29) is 5.56 Å². The maximum Gasteiger partial charge on any atom is 0.335 e. The van der Waals surface area contributed by atoms with Crippen LogP contribution in [0.3, 0.4) is 0 Å². The minimum absolute atomic E-state index is 0.150. The molecule has 100 valence electrons. The minimum Gasteiger partial charge on any atom is -0.478 e. The van der Waals surface area contributed by atoms with Gasteiger partial charge < -0.3 is 9.52 Å². The highest BCUT2D eigenvalue weighted by molar-refractivity contribution is 7.99. The van der Waals surface area contributed by atoms with Crippen molar-refractivity contribution in [2.45, 2.75) is 10.1 Å². The number of fused-ring (bicyclic) bond motifs is 1. The first-order valence-corrected chi connectivity index (χ1v) is 6.89. The van der Waals surface area contributed by atoms with E-state index in [2.05, 4.69) is 4.98 Å². The van der Waals surface area contributed by atoms with E-state index in [4.69, 9.17) is 21.1 Å². The lowest BCUT2D eigenvalue weighted by molar-refractivity contribution is 0.0697. The number of hydrogen-bond acceptors (Lipinski definition) is 4. The Hall–Kier alpha value is -1.98. The zero-order valence-electron chi connectivity index (χ0n) is 10.0. The summed E-state index contributed by atoms with van der Waals surface area (Å²) in [5.41, 5.74) is 1.62. The van der Waals surface area contributed by atoms with Crippen LogP contribution in [0.1, 0.15) is 10.4 Å². The third-order valence-corrected chi connectivity index (χ3v) is 4.00. The molecule has 3 aromatic rings. The molecule has 3 rings (SSSR count). The molecule has 0 fully saturated rings. The largest absolute Gasteiger partial charge is 0.478 e. The summed E-state index contributed by atoms with van der Waals surface area (Å²) in [6.07, 6.45) is 0. The number of para-hydroxylation sites is 2. The number of oxazole rings is 1. The first-order valence-electron chi connectivity index (χ1n) is 5.70. The molecule has 1 heterocycles. The Morgan fingerprint density at radius 2 is 2.05 bits per heavy atom. The van der Waals surface area contributed by atoms with Crippen LogP contribution in [0.25, 0.3) is 11.1 Å². The van der Waals surface area contributed by atoms with Crippen LogP contribution < -0.4 is 0 Å². The van der Waals surface area contributed by atoms with Gasteiger partial charge in [0, 0.05) is 4.90 Å². The lowest BCUT2D eigenvalue weighted by Gasteiger charge is -2.01. The maximum absolute atomic E-state index is 10.8. The van der Waals surface area contributed by atoms with Crippen molar-refractivity contribution in [1.29, 1.82) is 0 Å². The number of nitrogens with zero attached hydrogens (tertiary/aromatic N) is 1. The van der Waals surface area contributed by atoms with Gasteiger partial charge in [-0.15, -0.1) is 0 Å². The topological polar surface area (TPSA) is 63.3 Å². The Bertz CT molecular complexity index is 767. The lowest BCUT2D eigenvalue weighted by atomic mass is 10.2. The fourth-order valence-electron chi connectivity index (χ4n) is 1.71. The molecule has 0 saturated heterocycles. The number of aromatic carboxylic acids is 1. The summed E-state index contributed by atoms with van der Waals surface area (Å²) in [5.74, 6) is -1.01. The van der Waals surface area contributed by atoms with Crippen LogP contribution in [-0.4, -0.2) is 16.1 Å². The summed E-state index contributed by atoms with van der Waals surface area (Å²) >= 11 is 7.33. The number of carbonyl (C=O) groups is 1. The number of aromatic nitrogens is 1. The third-order valence-electron chi connectivity index (χ3n) is 2.65. The molecule has 0 aliphatic heterocycles. The highest BCUT2D eigenvalue weighted by Crippen LogP contribution is 2.34. The van der Waals surface area contributed by atoms with Gasteiger partial charge in [0.1, 0.15) is 5.52 Å². The van der Waals surface area contributed by atoms with Gasteiger partial charge in [0.25, 0.3) is 5.22 Å². The molecule has 0 unspecified atom stereocenters. The molecule has 0 spiro atoms. The van der Waals surface area contributed by atoms with E-state index in [1.54, 1.807) is 6.07 Å². The zero-order valence-corrected chi connectivity index (χ0v) is 11.6. The van der Waals surface area contributed by atoms with Crippen LogP contribution >= 0.6 is 23.4 Å². The Balaban J connectivity index is 1.92. The second-order valence-electron chi connectivity index (χ2n) is 4.00. The number of carboxylic acid groups (broad SMARTS) is 1. The van der Waals surface area contributed by atoms with E-state index in [9.17, 15) is 4.79 Å². The van der Waals surface area contributed by atoms with Crippen LogP contribution in [0.5, 0.6) is 0 Å². The zero-order chi connectivity index (χ0) is 14.1. The number of benzene rings is 2. The van der Waals surface area contributed by atoms with Gasteiger partial charge in [-0.3, -0.25) is 0 Å². The first kappa shape index (κ1) is 13.0. The first-order chi connectivity index (χ1) is 9.63. The van der Waals surface area contributed by atoms with E-state index < -0.39 is 5.97 Å². The second kappa shape index (κ2) is 5.19. The average molecular weight is 306 g/mol. The van der Waals surface area contributed by atoms with Crippen LogP contribution in [0.15, 0.2) is 57.0 Å². The standard InChI is InChI=1S/C14H8ClNO3S/c15-9-7-8(13(17)18)5-6-12(9)20-14-16-10-3-1-2-4-11(10)19-14/h1-7H,(H,17,18). The number of halogens is 1. The number of carboxylic acids is 1. The van der Waals surface area contributed by atoms with Gasteiger partial charge in [-0.1, -0.05) is 23.7 Å². The van der Waals surface area contributed by atoms with Crippen LogP contribution in [0, 0.1) is 0 Å². The van der Waals surface area contributed by atoms with Gasteiger partial charge in [0.05, 0.1) is 10.6 Å². The van der Waals surface area contributed by atoms with Crippen molar-refractivity contribution in [2.24, 2.45) is 0 Å². The Kier molecular flexibility index (Phi) is 3.38. The normalized spacial score (nSPS) is 10.8. The molecule has 0 aliphatic carbocycles. The van der Waals surface area contributed by atoms with E-state index in [0.717, 1.165) is 5.52 Å². The van der Waals surface area contributed by atoms with Gasteiger partial charge in [-0.2, -0.15) is 0 Å². The molecule has 4 nitrogen and oxygen atoms in total. The number of rotatable bonds is 3. The van der Waals surface area contributed by atoms with Crippen molar-refractivity contribution < 1.29 is 14.3 Å². The monoisotopic (exact) mass is 305 g/mol. The highest BCUT2D eigenvalue weighted by atomic mass is 35.5. The summed E-state index contributed by atoms with van der Waals surface area (Å²) in [4.78, 5) is 15.9. The second-order valence-corrected chi connectivity index (χ2v) is 5.40. The van der Waals surface area contributed by atoms with E-state index in [1.807, 2.05) is 24.3 Å². The molecule has 0 amide bonds. The van der Waals surface area contributed by atoms with Crippen molar-refractivity contribution in [1.82, 2.24) is 4.98 Å². The lowest BCUT2D eigenvalue weighted by Crippen LogP contribution is -1.95. The van der Waals surface area contributed by atoms with Gasteiger partial charge >= 0.3 is 5.97 Å². The van der Waals surface area contributed by atoms with Gasteiger partial charge in [0.15, 0.2) is 5.58 Å². The Morgan fingerprint density at radius 1 is 1.25 bits per heavy atom. The van der Waals surface area contributed by atoms with E-state index in [0.29, 0.717) is 20.7 Å². The molecule has 0 radical (unpaired) electrons. The van der Waals surface area contributed by atoms with Gasteiger partial charge in [0.2, 0.25) is 0 Å². The fourth-order valence-corrected chi connectivity index (χ4v) is 2.76. The summed E-state index contributed by atoms with van der Waals surface area (Å²) in [5, 5.41) is 9.72. The molecular weight excluding hydrogens is 298 g/mol. The van der Waals surface area contributed by atoms with E-state index in [1.165, 1.54) is 23.9 Å². The molecule has 0 atom stereocenters. The third kappa shape index (κ3) is 2.50. The number of hydrogen-bond donors (Lipinski definition) is 1. The molecule has 1 aromatic heterocycles. The van der Waals surface area contributed by atoms with Crippen LogP contribution in [-0.2, 0) is 0 Å². The summed E-state index contributed by atoms with van der Waals surface area (Å²) in [7, 11) is 0. The van der Waals surface area contributed by atoms with Crippen molar-refractivity contribution >= 4 is 40.4 Å².